The van der Waals surface area contributed by atoms with Gasteiger partial charge in [-0.25, -0.2) is 17.9 Å². The minimum absolute atomic E-state index is 0.165. The van der Waals surface area contributed by atoms with Crippen LogP contribution >= 0.6 is 11.6 Å². The van der Waals surface area contributed by atoms with Crippen LogP contribution in [0.15, 0.2) is 35.6 Å². The van der Waals surface area contributed by atoms with Gasteiger partial charge in [-0.15, -0.1) is 0 Å². The molecule has 0 bridgehead atoms. The van der Waals surface area contributed by atoms with E-state index in [2.05, 4.69) is 20.0 Å². The smallest absolute Gasteiger partial charge is 0.435 e. The molecule has 0 fully saturated rings. The van der Waals surface area contributed by atoms with E-state index in [4.69, 9.17) is 26.3 Å². The number of pyridine rings is 1. The zero-order valence-electron chi connectivity index (χ0n) is 21.4. The number of hydrogen-bond donors (Lipinski definition) is 1. The number of aromatic nitrogens is 3. The average molecular weight is 629 g/mol. The topological polar surface area (TPSA) is 142 Å². The lowest BCUT2D eigenvalue weighted by Crippen LogP contribution is -2.24. The molecule has 0 unspecified atom stereocenters. The first-order valence-corrected chi connectivity index (χ1v) is 13.4. The molecule has 41 heavy (non-hydrogen) atoms. The van der Waals surface area contributed by atoms with Gasteiger partial charge in [0.25, 0.3) is 0 Å². The van der Waals surface area contributed by atoms with Crippen molar-refractivity contribution in [1.29, 1.82) is 0 Å². The van der Waals surface area contributed by atoms with Crippen molar-refractivity contribution in [2.24, 2.45) is 12.2 Å². The maximum atomic E-state index is 13.1. The number of fused-ring (bicyclic) bond motifs is 1. The summed E-state index contributed by atoms with van der Waals surface area (Å²) in [4.78, 5) is 19.4. The first-order chi connectivity index (χ1) is 18.9. The van der Waals surface area contributed by atoms with Gasteiger partial charge in [0.2, 0.25) is 5.88 Å². The third kappa shape index (κ3) is 7.93. The SMILES string of the molecule is Cn1nc(C(F)(F)F)c(CS(=O)(=O)C2=NOC(C)(C)C2)c1OC(F)F.O=C(O)COc1ccc(Cl)c2cccnc12. The number of aliphatic carboxylic acids is 1. The Morgan fingerprint density at radius 2 is 1.95 bits per heavy atom. The molecule has 2 aromatic heterocycles. The molecule has 4 rings (SSSR count). The predicted octanol–water partition coefficient (Wildman–Crippen LogP) is 4.82. The fourth-order valence-corrected chi connectivity index (χ4v) is 5.29. The van der Waals surface area contributed by atoms with Crippen LogP contribution in [0.5, 0.6) is 11.6 Å². The zero-order valence-corrected chi connectivity index (χ0v) is 23.0. The molecule has 0 saturated heterocycles. The van der Waals surface area contributed by atoms with Crippen LogP contribution in [-0.4, -0.2) is 58.1 Å². The Morgan fingerprint density at radius 3 is 2.51 bits per heavy atom. The second-order valence-electron chi connectivity index (χ2n) is 9.03. The number of carbonyl (C=O) groups is 1. The number of nitrogens with zero attached hydrogens (tertiary/aromatic N) is 4. The summed E-state index contributed by atoms with van der Waals surface area (Å²) in [5.74, 6) is -2.85. The van der Waals surface area contributed by atoms with Crippen molar-refractivity contribution in [3.05, 3.63) is 46.7 Å². The Bertz CT molecular complexity index is 1580. The summed E-state index contributed by atoms with van der Waals surface area (Å²) < 4.78 is 98.5. The largest absolute Gasteiger partial charge is 0.480 e. The standard InChI is InChI=1S/C12H14F5N3O4S.C11H8ClNO3/c1-11(2)4-7(19-24-11)25(21,22)5-6-8(12(15,16)17)18-20(3)9(6)23-10(13)14;12-8-3-4-9(16-6-10(14)15)11-7(8)2-1-5-13-11/h10H,4-5H2,1-3H3;1-5H,6H2,(H,14,15). The lowest BCUT2D eigenvalue weighted by atomic mass is 10.1. The Hall–Kier alpha value is -3.73. The highest BCUT2D eigenvalue weighted by atomic mass is 35.5. The van der Waals surface area contributed by atoms with Gasteiger partial charge in [-0.3, -0.25) is 4.98 Å². The molecule has 3 aromatic rings. The highest BCUT2D eigenvalue weighted by Crippen LogP contribution is 2.38. The summed E-state index contributed by atoms with van der Waals surface area (Å²) in [5, 5.41) is 15.8. The molecule has 1 N–H and O–H groups in total. The first kappa shape index (κ1) is 31.8. The van der Waals surface area contributed by atoms with E-state index in [1.54, 1.807) is 30.5 Å². The maximum absolute atomic E-state index is 13.1. The molecule has 1 aliphatic rings. The average Bonchev–Trinajstić information content (AvgIpc) is 3.38. The van der Waals surface area contributed by atoms with Crippen molar-refractivity contribution in [2.75, 3.05) is 6.61 Å². The van der Waals surface area contributed by atoms with E-state index in [1.807, 2.05) is 0 Å². The molecule has 1 aliphatic heterocycles. The number of alkyl halides is 5. The van der Waals surface area contributed by atoms with Crippen LogP contribution in [-0.2, 0) is 38.4 Å². The Labute approximate surface area is 234 Å². The molecule has 224 valence electrons. The molecule has 0 radical (unpaired) electrons. The fourth-order valence-electron chi connectivity index (χ4n) is 3.55. The van der Waals surface area contributed by atoms with E-state index in [1.165, 1.54) is 13.8 Å². The van der Waals surface area contributed by atoms with Crippen LogP contribution < -0.4 is 9.47 Å². The highest BCUT2D eigenvalue weighted by molar-refractivity contribution is 8.05. The predicted molar refractivity (Wildman–Crippen MR) is 135 cm³/mol. The van der Waals surface area contributed by atoms with Crippen molar-refractivity contribution >= 4 is 43.4 Å². The van der Waals surface area contributed by atoms with Gasteiger partial charge < -0.3 is 19.4 Å². The van der Waals surface area contributed by atoms with E-state index >= 15 is 0 Å². The van der Waals surface area contributed by atoms with Gasteiger partial charge in [-0.1, -0.05) is 16.8 Å². The molecular weight excluding hydrogens is 607 g/mol. The maximum Gasteiger partial charge on any atom is 0.435 e. The molecule has 0 atom stereocenters. The van der Waals surface area contributed by atoms with Crippen molar-refractivity contribution in [1.82, 2.24) is 14.8 Å². The third-order valence-corrected chi connectivity index (χ3v) is 7.19. The van der Waals surface area contributed by atoms with Crippen LogP contribution in [0.2, 0.25) is 5.02 Å². The van der Waals surface area contributed by atoms with Crippen molar-refractivity contribution < 1.29 is 54.6 Å². The van der Waals surface area contributed by atoms with Gasteiger partial charge in [0, 0.05) is 25.1 Å². The lowest BCUT2D eigenvalue weighted by molar-refractivity contribution is -0.142. The molecule has 0 saturated carbocycles. The van der Waals surface area contributed by atoms with Gasteiger partial charge in [0.1, 0.15) is 16.9 Å². The summed E-state index contributed by atoms with van der Waals surface area (Å²) in [6.45, 7) is -0.776. The monoisotopic (exact) mass is 628 g/mol. The third-order valence-electron chi connectivity index (χ3n) is 5.25. The normalized spacial score (nSPS) is 14.7. The minimum atomic E-state index is -5.06. The van der Waals surface area contributed by atoms with Crippen LogP contribution in [0, 0.1) is 0 Å². The second kappa shape index (κ2) is 12.0. The van der Waals surface area contributed by atoms with E-state index < -0.39 is 68.7 Å². The van der Waals surface area contributed by atoms with Crippen LogP contribution in [0.25, 0.3) is 10.9 Å². The quantitative estimate of drug-likeness (QED) is 0.364. The zero-order chi connectivity index (χ0) is 30.8. The van der Waals surface area contributed by atoms with Crippen molar-refractivity contribution in [2.45, 2.75) is 44.4 Å². The molecule has 0 aliphatic carbocycles. The Morgan fingerprint density at radius 1 is 1.27 bits per heavy atom. The molecule has 3 heterocycles. The van der Waals surface area contributed by atoms with Gasteiger partial charge in [-0.05, 0) is 38.1 Å². The van der Waals surface area contributed by atoms with Gasteiger partial charge in [-0.2, -0.15) is 27.1 Å². The van der Waals surface area contributed by atoms with Gasteiger partial charge >= 0.3 is 18.8 Å². The number of ether oxygens (including phenoxy) is 2. The number of carboxylic acids is 1. The number of aryl methyl sites for hydroxylation is 1. The Balaban J connectivity index is 0.000000248. The van der Waals surface area contributed by atoms with E-state index in [0.29, 0.717) is 21.0 Å². The first-order valence-electron chi connectivity index (χ1n) is 11.3. The van der Waals surface area contributed by atoms with Crippen LogP contribution in [0.3, 0.4) is 0 Å². The summed E-state index contributed by atoms with van der Waals surface area (Å²) >= 11 is 5.98. The highest BCUT2D eigenvalue weighted by Gasteiger charge is 2.43. The molecular formula is C23H22ClF5N4O7S. The van der Waals surface area contributed by atoms with Crippen molar-refractivity contribution in [3.63, 3.8) is 0 Å². The number of hydrogen-bond acceptors (Lipinski definition) is 9. The van der Waals surface area contributed by atoms with Crippen LogP contribution in [0.1, 0.15) is 31.5 Å². The molecule has 11 nitrogen and oxygen atoms in total. The Kier molecular flexibility index (Phi) is 9.32. The summed E-state index contributed by atoms with van der Waals surface area (Å²) in [7, 11) is -3.43. The van der Waals surface area contributed by atoms with E-state index in [-0.39, 0.29) is 6.42 Å². The van der Waals surface area contributed by atoms with Crippen LogP contribution in [0.4, 0.5) is 22.0 Å². The second-order valence-corrected chi connectivity index (χ2v) is 11.4. The molecule has 1 aromatic carbocycles. The fraction of sp³-hybridized carbons (Fsp3) is 0.391. The summed E-state index contributed by atoms with van der Waals surface area (Å²) in [6, 6.07) is 6.83. The number of sulfone groups is 1. The van der Waals surface area contributed by atoms with E-state index in [9.17, 15) is 35.2 Å². The number of rotatable bonds is 7. The molecule has 0 spiro atoms. The van der Waals surface area contributed by atoms with E-state index in [0.717, 1.165) is 12.4 Å². The summed E-state index contributed by atoms with van der Waals surface area (Å²) in [5.41, 5.74) is -3.00. The van der Waals surface area contributed by atoms with Crippen molar-refractivity contribution in [3.8, 4) is 11.6 Å². The number of carboxylic acid groups (broad SMARTS) is 1. The minimum Gasteiger partial charge on any atom is -0.480 e. The van der Waals surface area contributed by atoms with Gasteiger partial charge in [0.05, 0.1) is 16.3 Å². The lowest BCUT2D eigenvalue weighted by Gasteiger charge is -2.13. The number of benzene rings is 1. The summed E-state index contributed by atoms with van der Waals surface area (Å²) in [6.07, 6.45) is -3.62. The molecule has 0 amide bonds. The van der Waals surface area contributed by atoms with Gasteiger partial charge in [0.15, 0.2) is 27.2 Å². The molecule has 18 heteroatoms. The number of halogens is 6. The number of oxime groups is 1.